The number of rotatable bonds is 5. The van der Waals surface area contributed by atoms with Gasteiger partial charge in [-0.1, -0.05) is 115 Å². The molecule has 0 saturated carbocycles. The maximum Gasteiger partial charge on any atom is 0.164 e. The van der Waals surface area contributed by atoms with Crippen molar-refractivity contribution < 1.29 is 4.42 Å². The van der Waals surface area contributed by atoms with Crippen LogP contribution < -0.4 is 0 Å². The number of hydrogen-bond donors (Lipinski definition) is 0. The topological polar surface area (TPSA) is 56.7 Å². The Morgan fingerprint density at radius 2 is 0.840 bits per heavy atom. The summed E-state index contributed by atoms with van der Waals surface area (Å²) < 4.78 is 8.46. The Kier molecular flexibility index (Phi) is 6.42. The summed E-state index contributed by atoms with van der Waals surface area (Å²) >= 11 is 0. The molecule has 0 aliphatic heterocycles. The van der Waals surface area contributed by atoms with E-state index in [9.17, 15) is 0 Å². The number of nitrogens with zero attached hydrogens (tertiary/aromatic N) is 4. The van der Waals surface area contributed by atoms with Crippen molar-refractivity contribution in [3.8, 4) is 51.0 Å². The van der Waals surface area contributed by atoms with Crippen molar-refractivity contribution >= 4 is 43.7 Å². The van der Waals surface area contributed by atoms with E-state index in [-0.39, 0.29) is 0 Å². The third kappa shape index (κ3) is 4.67. The highest BCUT2D eigenvalue weighted by Crippen LogP contribution is 2.37. The zero-order valence-electron chi connectivity index (χ0n) is 26.9. The van der Waals surface area contributed by atoms with Crippen LogP contribution in [0.4, 0.5) is 0 Å². The van der Waals surface area contributed by atoms with Gasteiger partial charge in [-0.25, -0.2) is 15.0 Å². The number of fused-ring (bicyclic) bond motifs is 6. The van der Waals surface area contributed by atoms with E-state index in [0.717, 1.165) is 66.5 Å². The number of benzene rings is 7. The molecule has 5 nitrogen and oxygen atoms in total. The summed E-state index contributed by atoms with van der Waals surface area (Å²) in [6.45, 7) is 0. The molecule has 0 aliphatic carbocycles. The minimum atomic E-state index is 0.635. The molecule has 0 unspecified atom stereocenters. The summed E-state index contributed by atoms with van der Waals surface area (Å²) in [4.78, 5) is 14.7. The summed E-state index contributed by atoms with van der Waals surface area (Å²) in [6.07, 6.45) is 0. The van der Waals surface area contributed by atoms with Gasteiger partial charge in [-0.2, -0.15) is 0 Å². The first kappa shape index (κ1) is 28.2. The van der Waals surface area contributed by atoms with Gasteiger partial charge in [0, 0.05) is 43.9 Å². The Balaban J connectivity index is 1.10. The average molecular weight is 641 g/mol. The fourth-order valence-corrected chi connectivity index (χ4v) is 7.03. The van der Waals surface area contributed by atoms with Crippen molar-refractivity contribution in [2.24, 2.45) is 0 Å². The van der Waals surface area contributed by atoms with Crippen molar-refractivity contribution in [1.82, 2.24) is 19.5 Å². The van der Waals surface area contributed by atoms with E-state index >= 15 is 0 Å². The molecule has 0 atom stereocenters. The molecule has 234 valence electrons. The first-order chi connectivity index (χ1) is 24.8. The Hall–Kier alpha value is -6.85. The SMILES string of the molecule is c1ccc(-c2nc(-c3ccccc3)nc(-c3ccc(-n4c5ccccc5c5ccc(-c6ccc7oc8ccccc8c7c6)cc54)cc3)n2)cc1. The molecule has 0 amide bonds. The van der Waals surface area contributed by atoms with E-state index in [1.54, 1.807) is 0 Å². The highest BCUT2D eigenvalue weighted by atomic mass is 16.3. The maximum atomic E-state index is 6.11. The Morgan fingerprint density at radius 3 is 1.54 bits per heavy atom. The third-order valence-electron chi connectivity index (χ3n) is 9.47. The molecular weight excluding hydrogens is 613 g/mol. The number of aromatic nitrogens is 4. The minimum absolute atomic E-state index is 0.635. The molecular formula is C45H28N4O. The van der Waals surface area contributed by atoms with E-state index in [4.69, 9.17) is 19.4 Å². The number of furan rings is 1. The monoisotopic (exact) mass is 640 g/mol. The lowest BCUT2D eigenvalue weighted by Gasteiger charge is -2.11. The Bertz CT molecular complexity index is 2800. The van der Waals surface area contributed by atoms with E-state index in [1.165, 1.54) is 10.8 Å². The smallest absolute Gasteiger partial charge is 0.164 e. The third-order valence-corrected chi connectivity index (χ3v) is 9.47. The highest BCUT2D eigenvalue weighted by Gasteiger charge is 2.16. The van der Waals surface area contributed by atoms with Crippen LogP contribution in [0.25, 0.3) is 94.7 Å². The van der Waals surface area contributed by atoms with Crippen LogP contribution in [0, 0.1) is 0 Å². The van der Waals surface area contributed by atoms with Crippen LogP contribution in [0.2, 0.25) is 0 Å². The molecule has 0 bridgehead atoms. The zero-order chi connectivity index (χ0) is 33.0. The van der Waals surface area contributed by atoms with Crippen LogP contribution in [-0.4, -0.2) is 19.5 Å². The number of para-hydroxylation sites is 2. The second kappa shape index (κ2) is 11.4. The lowest BCUT2D eigenvalue weighted by atomic mass is 10.0. The lowest BCUT2D eigenvalue weighted by Crippen LogP contribution is -2.00. The van der Waals surface area contributed by atoms with Crippen LogP contribution >= 0.6 is 0 Å². The van der Waals surface area contributed by atoms with E-state index in [0.29, 0.717) is 17.5 Å². The molecule has 10 aromatic rings. The van der Waals surface area contributed by atoms with Crippen molar-refractivity contribution in [3.05, 3.63) is 170 Å². The maximum absolute atomic E-state index is 6.11. The standard InChI is InChI=1S/C45H28N4O/c1-3-11-29(12-4-1)43-46-44(30-13-5-2-6-14-30)48-45(47-43)31-19-23-34(24-20-31)49-39-17-9-7-15-35(39)36-25-21-33(28-40(36)49)32-22-26-42-38(27-32)37-16-8-10-18-41(37)50-42/h1-28H. The quantitative estimate of drug-likeness (QED) is 0.188. The van der Waals surface area contributed by atoms with E-state index < -0.39 is 0 Å². The van der Waals surface area contributed by atoms with Gasteiger partial charge in [0.25, 0.3) is 0 Å². The van der Waals surface area contributed by atoms with Gasteiger partial charge in [0.05, 0.1) is 11.0 Å². The van der Waals surface area contributed by atoms with Gasteiger partial charge < -0.3 is 8.98 Å². The van der Waals surface area contributed by atoms with Crippen LogP contribution in [0.1, 0.15) is 0 Å². The predicted octanol–water partition coefficient (Wildman–Crippen LogP) is 11.5. The van der Waals surface area contributed by atoms with Crippen LogP contribution in [-0.2, 0) is 0 Å². The molecule has 7 aromatic carbocycles. The van der Waals surface area contributed by atoms with Crippen molar-refractivity contribution in [2.45, 2.75) is 0 Å². The van der Waals surface area contributed by atoms with Crippen LogP contribution in [0.3, 0.4) is 0 Å². The predicted molar refractivity (Wildman–Crippen MR) is 203 cm³/mol. The van der Waals surface area contributed by atoms with Crippen LogP contribution in [0.15, 0.2) is 174 Å². The van der Waals surface area contributed by atoms with E-state index in [2.05, 4.69) is 102 Å². The normalized spacial score (nSPS) is 11.6. The molecule has 0 fully saturated rings. The summed E-state index contributed by atoms with van der Waals surface area (Å²) in [5, 5.41) is 4.68. The van der Waals surface area contributed by atoms with E-state index in [1.807, 2.05) is 72.8 Å². The average Bonchev–Trinajstić information content (AvgIpc) is 3.73. The second-order valence-corrected chi connectivity index (χ2v) is 12.5. The number of hydrogen-bond acceptors (Lipinski definition) is 4. The molecule has 0 saturated heterocycles. The fourth-order valence-electron chi connectivity index (χ4n) is 7.03. The summed E-state index contributed by atoms with van der Waals surface area (Å²) in [7, 11) is 0. The largest absolute Gasteiger partial charge is 0.456 e. The molecule has 10 rings (SSSR count). The lowest BCUT2D eigenvalue weighted by molar-refractivity contribution is 0.669. The summed E-state index contributed by atoms with van der Waals surface area (Å²) in [5.41, 5.74) is 10.3. The summed E-state index contributed by atoms with van der Waals surface area (Å²) in [6, 6.07) is 58.7. The van der Waals surface area contributed by atoms with Gasteiger partial charge >= 0.3 is 0 Å². The van der Waals surface area contributed by atoms with Gasteiger partial charge in [0.2, 0.25) is 0 Å². The molecule has 3 heterocycles. The molecule has 0 N–H and O–H groups in total. The molecule has 3 aromatic heterocycles. The van der Waals surface area contributed by atoms with Crippen molar-refractivity contribution in [1.29, 1.82) is 0 Å². The van der Waals surface area contributed by atoms with Crippen LogP contribution in [0.5, 0.6) is 0 Å². The first-order valence-corrected chi connectivity index (χ1v) is 16.7. The van der Waals surface area contributed by atoms with Gasteiger partial charge in [0.15, 0.2) is 17.5 Å². The van der Waals surface area contributed by atoms with Crippen molar-refractivity contribution in [3.63, 3.8) is 0 Å². The minimum Gasteiger partial charge on any atom is -0.456 e. The Labute approximate surface area is 287 Å². The molecule has 0 spiro atoms. The van der Waals surface area contributed by atoms with Gasteiger partial charge in [-0.3, -0.25) is 0 Å². The molecule has 0 radical (unpaired) electrons. The zero-order valence-corrected chi connectivity index (χ0v) is 26.9. The molecule has 5 heteroatoms. The molecule has 0 aliphatic rings. The van der Waals surface area contributed by atoms with Crippen molar-refractivity contribution in [2.75, 3.05) is 0 Å². The molecule has 50 heavy (non-hydrogen) atoms. The fraction of sp³-hybridized carbons (Fsp3) is 0. The Morgan fingerprint density at radius 1 is 0.340 bits per heavy atom. The van der Waals surface area contributed by atoms with Gasteiger partial charge in [0.1, 0.15) is 11.2 Å². The van der Waals surface area contributed by atoms with Gasteiger partial charge in [-0.05, 0) is 65.7 Å². The highest BCUT2D eigenvalue weighted by molar-refractivity contribution is 6.11. The second-order valence-electron chi connectivity index (χ2n) is 12.5. The first-order valence-electron chi connectivity index (χ1n) is 16.7. The summed E-state index contributed by atoms with van der Waals surface area (Å²) in [5.74, 6) is 1.93. The van der Waals surface area contributed by atoms with Gasteiger partial charge in [-0.15, -0.1) is 0 Å².